The number of carbonyl (C=O) groups is 2. The van der Waals surface area contributed by atoms with Crippen molar-refractivity contribution in [3.05, 3.63) is 32.7 Å². The van der Waals surface area contributed by atoms with E-state index in [1.54, 1.807) is 32.0 Å². The maximum Gasteiger partial charge on any atom is 0.252 e. The quantitative estimate of drug-likeness (QED) is 0.845. The van der Waals surface area contributed by atoms with Crippen LogP contribution in [0.5, 0.6) is 0 Å². The number of nitrogens with two attached hydrogens (primary N) is 1. The van der Waals surface area contributed by atoms with Gasteiger partial charge < -0.3 is 11.1 Å². The van der Waals surface area contributed by atoms with Crippen LogP contribution in [0.1, 0.15) is 24.2 Å². The van der Waals surface area contributed by atoms with Crippen molar-refractivity contribution in [2.24, 2.45) is 11.1 Å². The van der Waals surface area contributed by atoms with Crippen molar-refractivity contribution in [3.63, 3.8) is 0 Å². The lowest BCUT2D eigenvalue weighted by atomic mass is 9.92. The second-order valence-corrected chi connectivity index (χ2v) is 6.32. The average Bonchev–Trinajstić information content (AvgIpc) is 2.25. The van der Waals surface area contributed by atoms with Gasteiger partial charge in [0.2, 0.25) is 5.91 Å². The first-order chi connectivity index (χ1) is 8.24. The monoisotopic (exact) mass is 376 g/mol. The molecule has 1 aromatic carbocycles. The maximum absolute atomic E-state index is 11.9. The van der Waals surface area contributed by atoms with E-state index < -0.39 is 11.3 Å². The van der Waals surface area contributed by atoms with Crippen LogP contribution in [0.15, 0.2) is 27.1 Å². The number of halogens is 2. The first-order valence-electron chi connectivity index (χ1n) is 5.27. The minimum absolute atomic E-state index is 0.198. The zero-order chi connectivity index (χ0) is 13.9. The molecule has 0 atom stereocenters. The lowest BCUT2D eigenvalue weighted by Gasteiger charge is -2.20. The first-order valence-corrected chi connectivity index (χ1v) is 6.86. The van der Waals surface area contributed by atoms with Crippen molar-refractivity contribution in [2.45, 2.75) is 13.8 Å². The fourth-order valence-electron chi connectivity index (χ4n) is 1.16. The molecule has 0 unspecified atom stereocenters. The van der Waals surface area contributed by atoms with Gasteiger partial charge >= 0.3 is 0 Å². The Kier molecular flexibility index (Phi) is 4.92. The summed E-state index contributed by atoms with van der Waals surface area (Å²) in [6.07, 6.45) is 0. The van der Waals surface area contributed by atoms with Gasteiger partial charge in [-0.1, -0.05) is 15.9 Å². The minimum Gasteiger partial charge on any atom is -0.369 e. The Morgan fingerprint density at radius 1 is 1.33 bits per heavy atom. The standard InChI is InChI=1S/C12H14Br2N2O2/c1-12(2,11(15)18)6-16-10(17)8-4-3-7(13)5-9(8)14/h3-5H,6H2,1-2H3,(H2,15,18)(H,16,17). The molecule has 2 amide bonds. The van der Waals surface area contributed by atoms with Gasteiger partial charge in [0.05, 0.1) is 11.0 Å². The van der Waals surface area contributed by atoms with Crippen LogP contribution in [0.25, 0.3) is 0 Å². The Hall–Kier alpha value is -0.880. The van der Waals surface area contributed by atoms with Crippen LogP contribution in [0, 0.1) is 5.41 Å². The van der Waals surface area contributed by atoms with Crippen molar-refractivity contribution in [2.75, 3.05) is 6.54 Å². The van der Waals surface area contributed by atoms with Gasteiger partial charge in [-0.05, 0) is 48.0 Å². The summed E-state index contributed by atoms with van der Waals surface area (Å²) >= 11 is 6.63. The van der Waals surface area contributed by atoms with Crippen LogP contribution in [-0.4, -0.2) is 18.4 Å². The van der Waals surface area contributed by atoms with Gasteiger partial charge in [0.15, 0.2) is 0 Å². The zero-order valence-corrected chi connectivity index (χ0v) is 13.3. The van der Waals surface area contributed by atoms with Crippen molar-refractivity contribution in [1.29, 1.82) is 0 Å². The van der Waals surface area contributed by atoms with E-state index in [1.165, 1.54) is 0 Å². The Morgan fingerprint density at radius 3 is 2.44 bits per heavy atom. The lowest BCUT2D eigenvalue weighted by molar-refractivity contribution is -0.125. The Morgan fingerprint density at radius 2 is 1.94 bits per heavy atom. The molecule has 98 valence electrons. The van der Waals surface area contributed by atoms with Gasteiger partial charge in [0.1, 0.15) is 0 Å². The van der Waals surface area contributed by atoms with E-state index in [4.69, 9.17) is 5.73 Å². The second kappa shape index (κ2) is 5.84. The molecule has 18 heavy (non-hydrogen) atoms. The van der Waals surface area contributed by atoms with Gasteiger partial charge in [0, 0.05) is 15.5 Å². The summed E-state index contributed by atoms with van der Waals surface area (Å²) in [5.41, 5.74) is 4.99. The molecular weight excluding hydrogens is 364 g/mol. The molecule has 0 aliphatic rings. The number of primary amides is 1. The fourth-order valence-corrected chi connectivity index (χ4v) is 2.38. The van der Waals surface area contributed by atoms with Crippen LogP contribution >= 0.6 is 31.9 Å². The SMILES string of the molecule is CC(C)(CNC(=O)c1ccc(Br)cc1Br)C(N)=O. The van der Waals surface area contributed by atoms with Gasteiger partial charge in [-0.15, -0.1) is 0 Å². The predicted octanol–water partition coefficient (Wildman–Crippen LogP) is 2.45. The van der Waals surface area contributed by atoms with E-state index in [2.05, 4.69) is 37.2 Å². The Bertz CT molecular complexity index is 487. The van der Waals surface area contributed by atoms with Crippen LogP contribution in [0.2, 0.25) is 0 Å². The number of hydrogen-bond donors (Lipinski definition) is 2. The summed E-state index contributed by atoms with van der Waals surface area (Å²) in [5.74, 6) is -0.693. The van der Waals surface area contributed by atoms with Gasteiger partial charge in [-0.25, -0.2) is 0 Å². The van der Waals surface area contributed by atoms with Crippen molar-refractivity contribution >= 4 is 43.7 Å². The van der Waals surface area contributed by atoms with Crippen LogP contribution < -0.4 is 11.1 Å². The number of nitrogens with one attached hydrogen (secondary N) is 1. The maximum atomic E-state index is 11.9. The molecule has 0 saturated heterocycles. The molecule has 0 saturated carbocycles. The molecule has 0 radical (unpaired) electrons. The second-order valence-electron chi connectivity index (χ2n) is 4.55. The third kappa shape index (κ3) is 3.81. The third-order valence-electron chi connectivity index (χ3n) is 2.53. The molecular formula is C12H14Br2N2O2. The van der Waals surface area contributed by atoms with Crippen molar-refractivity contribution < 1.29 is 9.59 Å². The molecule has 6 heteroatoms. The van der Waals surface area contributed by atoms with E-state index in [-0.39, 0.29) is 12.5 Å². The molecule has 1 rings (SSSR count). The van der Waals surface area contributed by atoms with E-state index in [0.29, 0.717) is 10.0 Å². The largest absolute Gasteiger partial charge is 0.369 e. The summed E-state index contributed by atoms with van der Waals surface area (Å²) in [6, 6.07) is 5.26. The minimum atomic E-state index is -0.766. The molecule has 0 bridgehead atoms. The summed E-state index contributed by atoms with van der Waals surface area (Å²) in [4.78, 5) is 23.1. The summed E-state index contributed by atoms with van der Waals surface area (Å²) in [7, 11) is 0. The highest BCUT2D eigenvalue weighted by Gasteiger charge is 2.25. The smallest absolute Gasteiger partial charge is 0.252 e. The Balaban J connectivity index is 2.75. The number of carbonyl (C=O) groups excluding carboxylic acids is 2. The van der Waals surface area contributed by atoms with E-state index in [0.717, 1.165) is 4.47 Å². The molecule has 0 heterocycles. The number of benzene rings is 1. The summed E-state index contributed by atoms with van der Waals surface area (Å²) in [5, 5.41) is 2.70. The number of hydrogen-bond acceptors (Lipinski definition) is 2. The molecule has 0 fully saturated rings. The van der Waals surface area contributed by atoms with E-state index in [9.17, 15) is 9.59 Å². The van der Waals surface area contributed by atoms with Crippen LogP contribution in [0.3, 0.4) is 0 Å². The Labute approximate surface area is 123 Å². The molecule has 0 aromatic heterocycles. The number of amides is 2. The van der Waals surface area contributed by atoms with Crippen LogP contribution in [-0.2, 0) is 4.79 Å². The summed E-state index contributed by atoms with van der Waals surface area (Å²) < 4.78 is 1.56. The molecule has 0 spiro atoms. The lowest BCUT2D eigenvalue weighted by Crippen LogP contribution is -2.42. The molecule has 1 aromatic rings. The van der Waals surface area contributed by atoms with Gasteiger partial charge in [-0.2, -0.15) is 0 Å². The van der Waals surface area contributed by atoms with E-state index >= 15 is 0 Å². The molecule has 3 N–H and O–H groups in total. The highest BCUT2D eigenvalue weighted by Crippen LogP contribution is 2.22. The first kappa shape index (κ1) is 15.2. The van der Waals surface area contributed by atoms with Crippen molar-refractivity contribution in [3.8, 4) is 0 Å². The molecule has 4 nitrogen and oxygen atoms in total. The predicted molar refractivity (Wildman–Crippen MR) is 77.2 cm³/mol. The number of rotatable bonds is 4. The topological polar surface area (TPSA) is 72.2 Å². The van der Waals surface area contributed by atoms with Gasteiger partial charge in [-0.3, -0.25) is 9.59 Å². The average molecular weight is 378 g/mol. The zero-order valence-electron chi connectivity index (χ0n) is 10.1. The molecule has 0 aliphatic heterocycles. The summed E-state index contributed by atoms with van der Waals surface area (Å²) in [6.45, 7) is 3.57. The van der Waals surface area contributed by atoms with Crippen molar-refractivity contribution in [1.82, 2.24) is 5.32 Å². The third-order valence-corrected chi connectivity index (χ3v) is 3.68. The fraction of sp³-hybridized carbons (Fsp3) is 0.333. The normalized spacial score (nSPS) is 11.1. The highest BCUT2D eigenvalue weighted by molar-refractivity contribution is 9.11. The highest BCUT2D eigenvalue weighted by atomic mass is 79.9. The van der Waals surface area contributed by atoms with Gasteiger partial charge in [0.25, 0.3) is 5.91 Å². The molecule has 0 aliphatic carbocycles. The van der Waals surface area contributed by atoms with Crippen LogP contribution in [0.4, 0.5) is 0 Å². The van der Waals surface area contributed by atoms with E-state index in [1.807, 2.05) is 0 Å².